The number of halogens is 1. The molecular weight excluding hydrogens is 395 g/mol. The summed E-state index contributed by atoms with van der Waals surface area (Å²) in [5.74, 6) is -2.72. The van der Waals surface area contributed by atoms with Crippen molar-refractivity contribution in [2.24, 2.45) is 0 Å². The van der Waals surface area contributed by atoms with Crippen LogP contribution in [-0.2, 0) is 25.6 Å². The quantitative estimate of drug-likeness (QED) is 0.555. The Bertz CT molecular complexity index is 979. The molecular formula is C21H19FN2O6. The number of esters is 2. The highest BCUT2D eigenvalue weighted by Crippen LogP contribution is 2.39. The molecule has 0 bridgehead atoms. The van der Waals surface area contributed by atoms with E-state index < -0.39 is 17.8 Å². The number of benzene rings is 2. The average Bonchev–Trinajstić information content (AvgIpc) is 3.02. The predicted octanol–water partition coefficient (Wildman–Crippen LogP) is 1.67. The fraction of sp³-hybridized carbons (Fsp3) is 0.333. The number of anilines is 1. The molecule has 3 heterocycles. The Kier molecular flexibility index (Phi) is 4.47. The van der Waals surface area contributed by atoms with Crippen LogP contribution in [-0.4, -0.2) is 55.6 Å². The molecule has 3 aliphatic rings. The van der Waals surface area contributed by atoms with Crippen LogP contribution in [0.1, 0.15) is 5.56 Å². The number of carbonyl (C=O) groups is 2. The summed E-state index contributed by atoms with van der Waals surface area (Å²) in [6.45, 7) is 2.61. The molecule has 2 aromatic carbocycles. The summed E-state index contributed by atoms with van der Waals surface area (Å²) in [6.07, 6.45) is 0. The first-order chi connectivity index (χ1) is 14.5. The lowest BCUT2D eigenvalue weighted by molar-refractivity contribution is -0.193. The first-order valence-corrected chi connectivity index (χ1v) is 9.63. The Morgan fingerprint density at radius 3 is 2.33 bits per heavy atom. The van der Waals surface area contributed by atoms with E-state index >= 15 is 0 Å². The molecule has 5 rings (SSSR count). The van der Waals surface area contributed by atoms with Crippen LogP contribution in [0.4, 0.5) is 10.1 Å². The van der Waals surface area contributed by atoms with Gasteiger partial charge in [0.15, 0.2) is 11.5 Å². The first kappa shape index (κ1) is 18.7. The maximum Gasteiger partial charge on any atom is 0.422 e. The summed E-state index contributed by atoms with van der Waals surface area (Å²) in [7, 11) is 0. The predicted molar refractivity (Wildman–Crippen MR) is 101 cm³/mol. The molecule has 0 amide bonds. The molecule has 2 aromatic rings. The number of nitrogens with zero attached hydrogens (tertiary/aromatic N) is 2. The lowest BCUT2D eigenvalue weighted by atomic mass is 10.1. The molecule has 8 nitrogen and oxygen atoms in total. The van der Waals surface area contributed by atoms with Crippen LogP contribution in [0, 0.1) is 5.82 Å². The van der Waals surface area contributed by atoms with E-state index in [-0.39, 0.29) is 12.4 Å². The number of hydrogen-bond acceptors (Lipinski definition) is 8. The van der Waals surface area contributed by atoms with Crippen LogP contribution in [0.25, 0.3) is 0 Å². The minimum atomic E-state index is -1.57. The molecule has 156 valence electrons. The van der Waals surface area contributed by atoms with Crippen molar-refractivity contribution >= 4 is 17.6 Å². The summed E-state index contributed by atoms with van der Waals surface area (Å²) in [5.41, 5.74) is 1.58. The standard InChI is InChI=1S/C21H19FN2O6/c22-15-3-1-14(2-4-15)12-23-7-8-24(21(13-23)29-19(25)20(26)30-21)16-5-6-17-18(11-16)28-10-9-27-17/h1-6,11H,7-10,12-13H2. The van der Waals surface area contributed by atoms with Crippen LogP contribution < -0.4 is 14.4 Å². The van der Waals surface area contributed by atoms with Crippen LogP contribution in [0.3, 0.4) is 0 Å². The fourth-order valence-corrected chi connectivity index (χ4v) is 3.94. The summed E-state index contributed by atoms with van der Waals surface area (Å²) in [6, 6.07) is 11.6. The van der Waals surface area contributed by atoms with Crippen molar-refractivity contribution in [3.8, 4) is 11.5 Å². The Morgan fingerprint density at radius 2 is 1.60 bits per heavy atom. The number of piperazine rings is 1. The molecule has 0 N–H and O–H groups in total. The van der Waals surface area contributed by atoms with Crippen molar-refractivity contribution in [1.82, 2.24) is 4.90 Å². The fourth-order valence-electron chi connectivity index (χ4n) is 3.94. The number of carbonyl (C=O) groups excluding carboxylic acids is 2. The Balaban J connectivity index is 1.43. The third kappa shape index (κ3) is 3.30. The van der Waals surface area contributed by atoms with Crippen LogP contribution >= 0.6 is 0 Å². The molecule has 9 heteroatoms. The molecule has 0 radical (unpaired) electrons. The van der Waals surface area contributed by atoms with Crippen molar-refractivity contribution in [2.45, 2.75) is 12.5 Å². The monoisotopic (exact) mass is 414 g/mol. The van der Waals surface area contributed by atoms with E-state index in [0.717, 1.165) is 5.56 Å². The zero-order chi connectivity index (χ0) is 20.7. The van der Waals surface area contributed by atoms with E-state index in [4.69, 9.17) is 18.9 Å². The normalized spacial score (nSPS) is 20.2. The zero-order valence-electron chi connectivity index (χ0n) is 16.0. The summed E-state index contributed by atoms with van der Waals surface area (Å²) < 4.78 is 35.3. The lowest BCUT2D eigenvalue weighted by Crippen LogP contribution is -2.63. The molecule has 0 unspecified atom stereocenters. The third-order valence-corrected chi connectivity index (χ3v) is 5.30. The highest BCUT2D eigenvalue weighted by atomic mass is 19.1. The second kappa shape index (κ2) is 7.17. The van der Waals surface area contributed by atoms with E-state index in [1.165, 1.54) is 12.1 Å². The van der Waals surface area contributed by atoms with Crippen LogP contribution in [0.2, 0.25) is 0 Å². The van der Waals surface area contributed by atoms with E-state index in [1.807, 2.05) is 11.0 Å². The minimum absolute atomic E-state index is 0.149. The van der Waals surface area contributed by atoms with Gasteiger partial charge in [-0.05, 0) is 29.8 Å². The highest BCUT2D eigenvalue weighted by Gasteiger charge is 2.56. The van der Waals surface area contributed by atoms with Crippen molar-refractivity contribution in [3.63, 3.8) is 0 Å². The summed E-state index contributed by atoms with van der Waals surface area (Å²) >= 11 is 0. The summed E-state index contributed by atoms with van der Waals surface area (Å²) in [5, 5.41) is 0. The van der Waals surface area contributed by atoms with Gasteiger partial charge in [-0.25, -0.2) is 14.0 Å². The van der Waals surface area contributed by atoms with Gasteiger partial charge in [-0.2, -0.15) is 0 Å². The number of hydrogen-bond donors (Lipinski definition) is 0. The molecule has 0 atom stereocenters. The highest BCUT2D eigenvalue weighted by molar-refractivity contribution is 6.31. The molecule has 0 aliphatic carbocycles. The van der Waals surface area contributed by atoms with Gasteiger partial charge in [-0.1, -0.05) is 12.1 Å². The van der Waals surface area contributed by atoms with Crippen molar-refractivity contribution in [2.75, 3.05) is 37.7 Å². The third-order valence-electron chi connectivity index (χ3n) is 5.30. The van der Waals surface area contributed by atoms with E-state index in [0.29, 0.717) is 50.0 Å². The van der Waals surface area contributed by atoms with Gasteiger partial charge in [0.1, 0.15) is 19.0 Å². The van der Waals surface area contributed by atoms with Gasteiger partial charge < -0.3 is 18.9 Å². The molecule has 2 fully saturated rings. The van der Waals surface area contributed by atoms with Crippen LogP contribution in [0.15, 0.2) is 42.5 Å². The van der Waals surface area contributed by atoms with Gasteiger partial charge in [-0.15, -0.1) is 0 Å². The first-order valence-electron chi connectivity index (χ1n) is 9.63. The lowest BCUT2D eigenvalue weighted by Gasteiger charge is -2.46. The summed E-state index contributed by atoms with van der Waals surface area (Å²) in [4.78, 5) is 27.6. The smallest absolute Gasteiger partial charge is 0.422 e. The molecule has 3 aliphatic heterocycles. The Morgan fingerprint density at radius 1 is 0.900 bits per heavy atom. The van der Waals surface area contributed by atoms with Crippen molar-refractivity contribution < 1.29 is 32.9 Å². The van der Waals surface area contributed by atoms with Gasteiger partial charge in [0.25, 0.3) is 0 Å². The second-order valence-electron chi connectivity index (χ2n) is 7.31. The maximum atomic E-state index is 13.2. The zero-order valence-corrected chi connectivity index (χ0v) is 16.0. The SMILES string of the molecule is O=C1OC2(CN(Cc3ccc(F)cc3)CCN2c2ccc3c(c2)OCCO3)OC1=O. The van der Waals surface area contributed by atoms with Gasteiger partial charge in [-0.3, -0.25) is 9.80 Å². The molecule has 2 saturated heterocycles. The van der Waals surface area contributed by atoms with Gasteiger partial charge in [0, 0.05) is 31.4 Å². The largest absolute Gasteiger partial charge is 0.486 e. The average molecular weight is 414 g/mol. The van der Waals surface area contributed by atoms with E-state index in [1.54, 1.807) is 29.2 Å². The van der Waals surface area contributed by atoms with Gasteiger partial charge in [0.2, 0.25) is 0 Å². The molecule has 0 aromatic heterocycles. The Hall–Kier alpha value is -3.33. The number of fused-ring (bicyclic) bond motifs is 1. The van der Waals surface area contributed by atoms with Crippen molar-refractivity contribution in [3.05, 3.63) is 53.8 Å². The second-order valence-corrected chi connectivity index (χ2v) is 7.31. The molecule has 0 saturated carbocycles. The number of rotatable bonds is 3. The van der Waals surface area contributed by atoms with Crippen LogP contribution in [0.5, 0.6) is 11.5 Å². The maximum absolute atomic E-state index is 13.2. The molecule has 1 spiro atoms. The topological polar surface area (TPSA) is 77.5 Å². The van der Waals surface area contributed by atoms with Gasteiger partial charge >= 0.3 is 17.8 Å². The minimum Gasteiger partial charge on any atom is -0.486 e. The van der Waals surface area contributed by atoms with Gasteiger partial charge in [0.05, 0.1) is 6.54 Å². The van der Waals surface area contributed by atoms with Crippen molar-refractivity contribution in [1.29, 1.82) is 0 Å². The van der Waals surface area contributed by atoms with E-state index in [9.17, 15) is 14.0 Å². The molecule has 30 heavy (non-hydrogen) atoms. The number of ether oxygens (including phenoxy) is 4. The van der Waals surface area contributed by atoms with E-state index in [2.05, 4.69) is 0 Å². The Labute approximate surface area is 171 Å².